The number of amides is 1. The molecule has 0 radical (unpaired) electrons. The topological polar surface area (TPSA) is 46.3 Å². The Labute approximate surface area is 107 Å². The predicted molar refractivity (Wildman–Crippen MR) is 66.4 cm³/mol. The van der Waals surface area contributed by atoms with Crippen molar-refractivity contribution in [2.75, 3.05) is 7.05 Å². The molecular formula is C12H11BrN2O2. The van der Waals surface area contributed by atoms with Crippen molar-refractivity contribution in [2.24, 2.45) is 0 Å². The van der Waals surface area contributed by atoms with E-state index in [1.807, 2.05) is 18.2 Å². The molecule has 0 N–H and O–H groups in total. The minimum Gasteiger partial charge on any atom is -0.444 e. The SMILES string of the molecule is CN(Cc1ccccn1)C(=O)c1ccc(Br)o1. The molecule has 0 spiro atoms. The first kappa shape index (κ1) is 11.9. The van der Waals surface area contributed by atoms with Gasteiger partial charge in [0.25, 0.3) is 5.91 Å². The molecule has 2 aromatic rings. The van der Waals surface area contributed by atoms with E-state index in [-0.39, 0.29) is 5.91 Å². The van der Waals surface area contributed by atoms with Crippen LogP contribution in [0.15, 0.2) is 45.6 Å². The zero-order valence-corrected chi connectivity index (χ0v) is 10.8. The number of furan rings is 1. The average Bonchev–Trinajstić information content (AvgIpc) is 2.76. The van der Waals surface area contributed by atoms with Crippen molar-refractivity contribution in [3.63, 3.8) is 0 Å². The van der Waals surface area contributed by atoms with Gasteiger partial charge in [0.05, 0.1) is 12.2 Å². The third-order valence-electron chi connectivity index (χ3n) is 2.26. The molecule has 0 bridgehead atoms. The van der Waals surface area contributed by atoms with Crippen LogP contribution in [0.4, 0.5) is 0 Å². The lowest BCUT2D eigenvalue weighted by Gasteiger charge is -2.14. The number of carbonyl (C=O) groups excluding carboxylic acids is 1. The van der Waals surface area contributed by atoms with Gasteiger partial charge in [0.15, 0.2) is 10.4 Å². The van der Waals surface area contributed by atoms with Crippen LogP contribution >= 0.6 is 15.9 Å². The van der Waals surface area contributed by atoms with E-state index < -0.39 is 0 Å². The van der Waals surface area contributed by atoms with Gasteiger partial charge in [-0.25, -0.2) is 0 Å². The Morgan fingerprint density at radius 2 is 2.24 bits per heavy atom. The summed E-state index contributed by atoms with van der Waals surface area (Å²) in [5.74, 6) is 0.150. The van der Waals surface area contributed by atoms with Crippen molar-refractivity contribution in [1.82, 2.24) is 9.88 Å². The molecule has 0 unspecified atom stereocenters. The molecule has 5 heteroatoms. The molecular weight excluding hydrogens is 284 g/mol. The lowest BCUT2D eigenvalue weighted by atomic mass is 10.3. The van der Waals surface area contributed by atoms with Crippen molar-refractivity contribution in [3.05, 3.63) is 52.7 Å². The monoisotopic (exact) mass is 294 g/mol. The van der Waals surface area contributed by atoms with Gasteiger partial charge in [-0.2, -0.15) is 0 Å². The summed E-state index contributed by atoms with van der Waals surface area (Å²) >= 11 is 3.17. The summed E-state index contributed by atoms with van der Waals surface area (Å²) in [5, 5.41) is 0. The number of aromatic nitrogens is 1. The highest BCUT2D eigenvalue weighted by atomic mass is 79.9. The number of rotatable bonds is 3. The maximum absolute atomic E-state index is 11.9. The van der Waals surface area contributed by atoms with Gasteiger partial charge in [0.1, 0.15) is 0 Å². The lowest BCUT2D eigenvalue weighted by Crippen LogP contribution is -2.26. The highest BCUT2D eigenvalue weighted by Crippen LogP contribution is 2.15. The molecule has 2 aromatic heterocycles. The molecule has 4 nitrogen and oxygen atoms in total. The molecule has 0 saturated carbocycles. The standard InChI is InChI=1S/C12H11BrN2O2/c1-15(8-9-4-2-3-7-14-9)12(16)10-5-6-11(13)17-10/h2-7H,8H2,1H3. The Kier molecular flexibility index (Phi) is 3.58. The molecule has 88 valence electrons. The maximum Gasteiger partial charge on any atom is 0.289 e. The lowest BCUT2D eigenvalue weighted by molar-refractivity contribution is 0.0750. The highest BCUT2D eigenvalue weighted by molar-refractivity contribution is 9.10. The van der Waals surface area contributed by atoms with Crippen molar-refractivity contribution in [3.8, 4) is 0 Å². The van der Waals surface area contributed by atoms with Gasteiger partial charge in [-0.1, -0.05) is 6.07 Å². The number of nitrogens with zero attached hydrogens (tertiary/aromatic N) is 2. The summed E-state index contributed by atoms with van der Waals surface area (Å²) in [6.45, 7) is 0.456. The van der Waals surface area contributed by atoms with Gasteiger partial charge in [-0.15, -0.1) is 0 Å². The summed E-state index contributed by atoms with van der Waals surface area (Å²) in [7, 11) is 1.72. The fourth-order valence-corrected chi connectivity index (χ4v) is 1.73. The van der Waals surface area contributed by atoms with Crippen LogP contribution in [0.5, 0.6) is 0 Å². The van der Waals surface area contributed by atoms with Crippen molar-refractivity contribution >= 4 is 21.8 Å². The van der Waals surface area contributed by atoms with Crippen LogP contribution in [0.2, 0.25) is 0 Å². The smallest absolute Gasteiger partial charge is 0.289 e. The second kappa shape index (κ2) is 5.14. The van der Waals surface area contributed by atoms with E-state index in [0.29, 0.717) is 17.0 Å². The molecule has 2 rings (SSSR count). The first-order valence-electron chi connectivity index (χ1n) is 5.07. The Bertz CT molecular complexity index is 510. The third-order valence-corrected chi connectivity index (χ3v) is 2.68. The van der Waals surface area contributed by atoms with Crippen molar-refractivity contribution in [1.29, 1.82) is 0 Å². The van der Waals surface area contributed by atoms with Crippen LogP contribution in [0.25, 0.3) is 0 Å². The summed E-state index contributed by atoms with van der Waals surface area (Å²) in [5.41, 5.74) is 0.842. The normalized spacial score (nSPS) is 10.2. The Morgan fingerprint density at radius 3 is 2.82 bits per heavy atom. The fourth-order valence-electron chi connectivity index (χ4n) is 1.42. The predicted octanol–water partition coefficient (Wildman–Crippen LogP) is 2.71. The zero-order chi connectivity index (χ0) is 12.3. The number of hydrogen-bond donors (Lipinski definition) is 0. The molecule has 0 aliphatic heterocycles. The molecule has 2 heterocycles. The number of pyridine rings is 1. The van der Waals surface area contributed by atoms with Crippen LogP contribution in [0.3, 0.4) is 0 Å². The quantitative estimate of drug-likeness (QED) is 0.874. The zero-order valence-electron chi connectivity index (χ0n) is 9.26. The summed E-state index contributed by atoms with van der Waals surface area (Å²) in [6.07, 6.45) is 1.71. The molecule has 17 heavy (non-hydrogen) atoms. The second-order valence-electron chi connectivity index (χ2n) is 3.59. The van der Waals surface area contributed by atoms with Gasteiger partial charge < -0.3 is 9.32 Å². The fraction of sp³-hybridized carbons (Fsp3) is 0.167. The molecule has 1 amide bonds. The van der Waals surface area contributed by atoms with Crippen LogP contribution in [-0.2, 0) is 6.54 Å². The largest absolute Gasteiger partial charge is 0.444 e. The van der Waals surface area contributed by atoms with E-state index in [4.69, 9.17) is 4.42 Å². The molecule has 0 atom stereocenters. The first-order chi connectivity index (χ1) is 8.16. The van der Waals surface area contributed by atoms with Gasteiger partial charge in [0, 0.05) is 13.2 Å². The maximum atomic E-state index is 11.9. The molecule has 0 aliphatic rings. The van der Waals surface area contributed by atoms with Crippen molar-refractivity contribution < 1.29 is 9.21 Å². The summed E-state index contributed by atoms with van der Waals surface area (Å²) < 4.78 is 5.76. The van der Waals surface area contributed by atoms with Gasteiger partial charge in [-0.05, 0) is 40.2 Å². The Hall–Kier alpha value is -1.62. The average molecular weight is 295 g/mol. The molecule has 0 saturated heterocycles. The first-order valence-corrected chi connectivity index (χ1v) is 5.87. The minimum absolute atomic E-state index is 0.165. The van der Waals surface area contributed by atoms with E-state index in [0.717, 1.165) is 5.69 Å². The van der Waals surface area contributed by atoms with Crippen LogP contribution in [0.1, 0.15) is 16.2 Å². The van der Waals surface area contributed by atoms with E-state index in [1.54, 1.807) is 30.3 Å². The number of carbonyl (C=O) groups is 1. The van der Waals surface area contributed by atoms with Gasteiger partial charge >= 0.3 is 0 Å². The van der Waals surface area contributed by atoms with Gasteiger partial charge in [0.2, 0.25) is 0 Å². The summed E-state index contributed by atoms with van der Waals surface area (Å²) in [4.78, 5) is 17.7. The minimum atomic E-state index is -0.165. The van der Waals surface area contributed by atoms with E-state index in [2.05, 4.69) is 20.9 Å². The van der Waals surface area contributed by atoms with Crippen molar-refractivity contribution in [2.45, 2.75) is 6.54 Å². The summed E-state index contributed by atoms with van der Waals surface area (Å²) in [6, 6.07) is 8.95. The van der Waals surface area contributed by atoms with E-state index >= 15 is 0 Å². The third kappa shape index (κ3) is 2.94. The number of hydrogen-bond acceptors (Lipinski definition) is 3. The molecule has 0 aromatic carbocycles. The molecule has 0 fully saturated rings. The van der Waals surface area contributed by atoms with Crippen LogP contribution in [-0.4, -0.2) is 22.8 Å². The van der Waals surface area contributed by atoms with E-state index in [1.165, 1.54) is 0 Å². The second-order valence-corrected chi connectivity index (χ2v) is 4.37. The van der Waals surface area contributed by atoms with Crippen LogP contribution < -0.4 is 0 Å². The van der Waals surface area contributed by atoms with Gasteiger partial charge in [-0.3, -0.25) is 9.78 Å². The number of halogens is 1. The van der Waals surface area contributed by atoms with Crippen LogP contribution in [0, 0.1) is 0 Å². The Balaban J connectivity index is 2.06. The molecule has 0 aliphatic carbocycles. The van der Waals surface area contributed by atoms with E-state index in [9.17, 15) is 4.79 Å². The highest BCUT2D eigenvalue weighted by Gasteiger charge is 2.15. The Morgan fingerprint density at radius 1 is 1.41 bits per heavy atom.